The topological polar surface area (TPSA) is 53.2 Å². The van der Waals surface area contributed by atoms with Crippen LogP contribution in [0.3, 0.4) is 0 Å². The summed E-state index contributed by atoms with van der Waals surface area (Å²) in [5.74, 6) is -0.318. The number of nitrogens with zero attached hydrogens (tertiary/aromatic N) is 2. The second-order valence-corrected chi connectivity index (χ2v) is 4.60. The van der Waals surface area contributed by atoms with Crippen LogP contribution in [0.2, 0.25) is 0 Å². The van der Waals surface area contributed by atoms with Gasteiger partial charge in [-0.3, -0.25) is 13.9 Å². The SMILES string of the molecule is COC(=O)CCn1c(C)c(C)n(-c2ccccc2)c1=O. The van der Waals surface area contributed by atoms with Gasteiger partial charge in [0.15, 0.2) is 0 Å². The fourth-order valence-electron chi connectivity index (χ4n) is 2.21. The molecule has 0 bridgehead atoms. The number of hydrogen-bond donors (Lipinski definition) is 0. The van der Waals surface area contributed by atoms with Crippen molar-refractivity contribution in [1.82, 2.24) is 9.13 Å². The zero-order valence-corrected chi connectivity index (χ0v) is 11.9. The third-order valence-electron chi connectivity index (χ3n) is 3.47. The normalized spacial score (nSPS) is 10.6. The first-order chi connectivity index (χ1) is 9.56. The molecule has 0 saturated heterocycles. The van der Waals surface area contributed by atoms with Gasteiger partial charge in [0.1, 0.15) is 0 Å². The van der Waals surface area contributed by atoms with Gasteiger partial charge in [0.25, 0.3) is 0 Å². The van der Waals surface area contributed by atoms with Crippen LogP contribution < -0.4 is 5.69 Å². The van der Waals surface area contributed by atoms with Gasteiger partial charge in [0, 0.05) is 17.9 Å². The average Bonchev–Trinajstić information content (AvgIpc) is 2.68. The fraction of sp³-hybridized carbons (Fsp3) is 0.333. The minimum atomic E-state index is -0.318. The van der Waals surface area contributed by atoms with Crippen molar-refractivity contribution in [2.75, 3.05) is 7.11 Å². The number of hydrogen-bond acceptors (Lipinski definition) is 3. The van der Waals surface area contributed by atoms with Crippen LogP contribution in [0.15, 0.2) is 35.1 Å². The molecular weight excluding hydrogens is 256 g/mol. The number of ether oxygens (including phenoxy) is 1. The Bertz CT molecular complexity index is 668. The summed E-state index contributed by atoms with van der Waals surface area (Å²) in [5.41, 5.74) is 2.44. The molecule has 0 saturated carbocycles. The van der Waals surface area contributed by atoms with Gasteiger partial charge in [0.05, 0.1) is 19.2 Å². The second-order valence-electron chi connectivity index (χ2n) is 4.60. The number of methoxy groups -OCH3 is 1. The summed E-state index contributed by atoms with van der Waals surface area (Å²) in [4.78, 5) is 23.7. The largest absolute Gasteiger partial charge is 0.469 e. The Labute approximate surface area is 117 Å². The third kappa shape index (κ3) is 2.52. The van der Waals surface area contributed by atoms with Crippen molar-refractivity contribution in [3.8, 4) is 5.69 Å². The van der Waals surface area contributed by atoms with Crippen molar-refractivity contribution in [2.45, 2.75) is 26.8 Å². The summed E-state index contributed by atoms with van der Waals surface area (Å²) in [7, 11) is 1.35. The van der Waals surface area contributed by atoms with E-state index in [9.17, 15) is 9.59 Å². The molecule has 5 heteroatoms. The van der Waals surface area contributed by atoms with Gasteiger partial charge in [-0.15, -0.1) is 0 Å². The number of imidazole rings is 1. The lowest BCUT2D eigenvalue weighted by molar-refractivity contribution is -0.140. The molecule has 0 fully saturated rings. The first-order valence-corrected chi connectivity index (χ1v) is 6.47. The first-order valence-electron chi connectivity index (χ1n) is 6.47. The number of aromatic nitrogens is 2. The molecule has 0 radical (unpaired) electrons. The van der Waals surface area contributed by atoms with Crippen LogP contribution in [0.4, 0.5) is 0 Å². The molecule has 5 nitrogen and oxygen atoms in total. The highest BCUT2D eigenvalue weighted by Gasteiger charge is 2.15. The Kier molecular flexibility index (Phi) is 4.08. The van der Waals surface area contributed by atoms with E-state index in [1.807, 2.05) is 44.2 Å². The summed E-state index contributed by atoms with van der Waals surface area (Å²) < 4.78 is 7.88. The lowest BCUT2D eigenvalue weighted by Gasteiger charge is -2.03. The van der Waals surface area contributed by atoms with Gasteiger partial charge in [-0.1, -0.05) is 18.2 Å². The predicted molar refractivity (Wildman–Crippen MR) is 76.1 cm³/mol. The Balaban J connectivity index is 2.42. The van der Waals surface area contributed by atoms with Crippen LogP contribution in [0.1, 0.15) is 17.8 Å². The zero-order chi connectivity index (χ0) is 14.7. The van der Waals surface area contributed by atoms with Crippen molar-refractivity contribution in [1.29, 1.82) is 0 Å². The van der Waals surface area contributed by atoms with Crippen molar-refractivity contribution in [3.05, 3.63) is 52.2 Å². The minimum Gasteiger partial charge on any atom is -0.469 e. The van der Waals surface area contributed by atoms with Crippen LogP contribution in [-0.4, -0.2) is 22.2 Å². The smallest absolute Gasteiger partial charge is 0.333 e. The van der Waals surface area contributed by atoms with E-state index in [0.29, 0.717) is 6.54 Å². The van der Waals surface area contributed by atoms with Crippen molar-refractivity contribution in [3.63, 3.8) is 0 Å². The molecule has 1 heterocycles. The maximum absolute atomic E-state index is 12.5. The quantitative estimate of drug-likeness (QED) is 0.799. The highest BCUT2D eigenvalue weighted by molar-refractivity contribution is 5.69. The molecule has 0 aliphatic carbocycles. The van der Waals surface area contributed by atoms with Crippen molar-refractivity contribution < 1.29 is 9.53 Å². The molecule has 0 N–H and O–H groups in total. The number of esters is 1. The standard InChI is InChI=1S/C15H18N2O3/c1-11-12(2)17(13-7-5-4-6-8-13)15(19)16(11)10-9-14(18)20-3/h4-8H,9-10H2,1-3H3. The lowest BCUT2D eigenvalue weighted by atomic mass is 10.3. The summed E-state index contributed by atoms with van der Waals surface area (Å²) in [6.45, 7) is 4.11. The van der Waals surface area contributed by atoms with E-state index in [1.165, 1.54) is 7.11 Å². The molecule has 0 aliphatic heterocycles. The van der Waals surface area contributed by atoms with Crippen molar-refractivity contribution in [2.24, 2.45) is 0 Å². The molecule has 1 aromatic carbocycles. The van der Waals surface area contributed by atoms with E-state index in [4.69, 9.17) is 0 Å². The van der Waals surface area contributed by atoms with Gasteiger partial charge in [0.2, 0.25) is 0 Å². The maximum atomic E-state index is 12.5. The Morgan fingerprint density at radius 2 is 1.80 bits per heavy atom. The van der Waals surface area contributed by atoms with E-state index < -0.39 is 0 Å². The molecule has 0 aliphatic rings. The highest BCUT2D eigenvalue weighted by atomic mass is 16.5. The fourth-order valence-corrected chi connectivity index (χ4v) is 2.21. The monoisotopic (exact) mass is 274 g/mol. The molecule has 0 unspecified atom stereocenters. The Hall–Kier alpha value is -2.30. The van der Waals surface area contributed by atoms with Crippen LogP contribution in [0, 0.1) is 13.8 Å². The van der Waals surface area contributed by atoms with E-state index in [0.717, 1.165) is 17.1 Å². The average molecular weight is 274 g/mol. The Morgan fingerprint density at radius 1 is 1.15 bits per heavy atom. The van der Waals surface area contributed by atoms with E-state index in [1.54, 1.807) is 9.13 Å². The second kappa shape index (κ2) is 5.77. The zero-order valence-electron chi connectivity index (χ0n) is 11.9. The summed E-state index contributed by atoms with van der Waals surface area (Å²) in [6, 6.07) is 9.46. The predicted octanol–water partition coefficient (Wildman–Crippen LogP) is 1.82. The highest BCUT2D eigenvalue weighted by Crippen LogP contribution is 2.12. The molecule has 106 valence electrons. The number of carbonyl (C=O) groups excluding carboxylic acids is 1. The lowest BCUT2D eigenvalue weighted by Crippen LogP contribution is -2.25. The molecule has 20 heavy (non-hydrogen) atoms. The Morgan fingerprint density at radius 3 is 2.40 bits per heavy atom. The molecule has 0 amide bonds. The maximum Gasteiger partial charge on any atom is 0.333 e. The van der Waals surface area contributed by atoms with Crippen molar-refractivity contribution >= 4 is 5.97 Å². The van der Waals surface area contributed by atoms with Gasteiger partial charge in [-0.2, -0.15) is 0 Å². The molecular formula is C15H18N2O3. The molecule has 0 spiro atoms. The van der Waals surface area contributed by atoms with E-state index in [2.05, 4.69) is 4.74 Å². The summed E-state index contributed by atoms with van der Waals surface area (Å²) in [5, 5.41) is 0. The number of benzene rings is 1. The molecule has 2 aromatic rings. The number of rotatable bonds is 4. The first kappa shape index (κ1) is 14.1. The van der Waals surface area contributed by atoms with Crippen LogP contribution in [0.25, 0.3) is 5.69 Å². The molecule has 0 atom stereocenters. The van der Waals surface area contributed by atoms with Gasteiger partial charge >= 0.3 is 11.7 Å². The third-order valence-corrected chi connectivity index (χ3v) is 3.47. The van der Waals surface area contributed by atoms with E-state index in [-0.39, 0.29) is 18.1 Å². The molecule has 2 rings (SSSR count). The molecule has 1 aromatic heterocycles. The van der Waals surface area contributed by atoms with Gasteiger partial charge in [-0.25, -0.2) is 4.79 Å². The van der Waals surface area contributed by atoms with Crippen LogP contribution in [0.5, 0.6) is 0 Å². The van der Waals surface area contributed by atoms with Crippen LogP contribution >= 0.6 is 0 Å². The number of carbonyl (C=O) groups is 1. The number of para-hydroxylation sites is 1. The van der Waals surface area contributed by atoms with Gasteiger partial charge in [-0.05, 0) is 26.0 Å². The minimum absolute atomic E-state index is 0.130. The van der Waals surface area contributed by atoms with Crippen LogP contribution in [-0.2, 0) is 16.1 Å². The van der Waals surface area contributed by atoms with Gasteiger partial charge < -0.3 is 4.74 Å². The summed E-state index contributed by atoms with van der Waals surface area (Å²) in [6.07, 6.45) is 0.190. The summed E-state index contributed by atoms with van der Waals surface area (Å²) >= 11 is 0. The van der Waals surface area contributed by atoms with E-state index >= 15 is 0 Å².